The van der Waals surface area contributed by atoms with E-state index in [-0.39, 0.29) is 23.6 Å². The van der Waals surface area contributed by atoms with Crippen LogP contribution in [0.4, 0.5) is 5.13 Å². The second-order valence-corrected chi connectivity index (χ2v) is 9.45. The van der Waals surface area contributed by atoms with Gasteiger partial charge in [-0.05, 0) is 24.5 Å². The lowest BCUT2D eigenvalue weighted by molar-refractivity contribution is -0.113. The highest BCUT2D eigenvalue weighted by Gasteiger charge is 2.24. The number of carbonyl (C=O) groups is 2. The van der Waals surface area contributed by atoms with Crippen LogP contribution in [-0.4, -0.2) is 37.3 Å². The quantitative estimate of drug-likeness (QED) is 0.447. The van der Waals surface area contributed by atoms with Crippen LogP contribution in [-0.2, 0) is 11.8 Å². The Morgan fingerprint density at radius 1 is 1.26 bits per heavy atom. The Labute approximate surface area is 193 Å². The van der Waals surface area contributed by atoms with Crippen molar-refractivity contribution in [2.24, 2.45) is 13.0 Å². The van der Waals surface area contributed by atoms with Gasteiger partial charge in [0.2, 0.25) is 5.91 Å². The summed E-state index contributed by atoms with van der Waals surface area (Å²) in [6, 6.07) is 6.57. The Morgan fingerprint density at radius 2 is 2.03 bits per heavy atom. The Morgan fingerprint density at radius 3 is 2.71 bits per heavy atom. The van der Waals surface area contributed by atoms with Gasteiger partial charge in [-0.2, -0.15) is 0 Å². The van der Waals surface area contributed by atoms with Crippen LogP contribution in [0.5, 0.6) is 0 Å². The normalized spacial score (nSPS) is 12.0. The molecule has 0 spiro atoms. The molecule has 0 aliphatic rings. The van der Waals surface area contributed by atoms with Crippen molar-refractivity contribution in [1.29, 1.82) is 0 Å². The highest BCUT2D eigenvalue weighted by Crippen LogP contribution is 2.25. The van der Waals surface area contributed by atoms with Crippen molar-refractivity contribution < 1.29 is 9.59 Å². The molecule has 31 heavy (non-hydrogen) atoms. The summed E-state index contributed by atoms with van der Waals surface area (Å²) in [6.45, 7) is 4.15. The second-order valence-electron chi connectivity index (χ2n) is 7.21. The number of anilines is 1. The molecule has 0 aliphatic heterocycles. The molecular formula is C20H23ClN6O2S2. The number of aromatic nitrogens is 4. The van der Waals surface area contributed by atoms with Crippen LogP contribution >= 0.6 is 34.7 Å². The van der Waals surface area contributed by atoms with Crippen LogP contribution in [0.2, 0.25) is 5.02 Å². The van der Waals surface area contributed by atoms with Crippen LogP contribution in [0.3, 0.4) is 0 Å². The molecule has 1 atom stereocenters. The molecule has 8 nitrogen and oxygen atoms in total. The first-order valence-corrected chi connectivity index (χ1v) is 11.9. The van der Waals surface area contributed by atoms with E-state index >= 15 is 0 Å². The zero-order chi connectivity index (χ0) is 22.4. The van der Waals surface area contributed by atoms with Gasteiger partial charge in [0, 0.05) is 18.6 Å². The third kappa shape index (κ3) is 6.28. The largest absolute Gasteiger partial charge is 0.342 e. The molecule has 164 valence electrons. The molecule has 2 amide bonds. The van der Waals surface area contributed by atoms with Gasteiger partial charge in [-0.25, -0.2) is 4.98 Å². The number of halogens is 1. The van der Waals surface area contributed by atoms with Gasteiger partial charge >= 0.3 is 0 Å². The average Bonchev–Trinajstić information content (AvgIpc) is 3.35. The summed E-state index contributed by atoms with van der Waals surface area (Å²) < 4.78 is 1.81. The number of carbonyl (C=O) groups excluding carboxylic acids is 2. The number of thioether (sulfide) groups is 1. The highest BCUT2D eigenvalue weighted by molar-refractivity contribution is 7.99. The van der Waals surface area contributed by atoms with Crippen molar-refractivity contribution in [2.75, 3.05) is 11.1 Å². The number of hydrogen-bond donors (Lipinski definition) is 2. The van der Waals surface area contributed by atoms with E-state index in [0.29, 0.717) is 39.0 Å². The molecule has 2 heterocycles. The van der Waals surface area contributed by atoms with Crippen molar-refractivity contribution in [2.45, 2.75) is 31.5 Å². The van der Waals surface area contributed by atoms with E-state index in [2.05, 4.69) is 39.7 Å². The number of thiazole rings is 1. The molecular weight excluding hydrogens is 456 g/mol. The first kappa shape index (κ1) is 23.2. The monoisotopic (exact) mass is 478 g/mol. The fourth-order valence-corrected chi connectivity index (χ4v) is 4.39. The molecule has 2 aromatic heterocycles. The van der Waals surface area contributed by atoms with E-state index < -0.39 is 0 Å². The van der Waals surface area contributed by atoms with Crippen LogP contribution in [0.15, 0.2) is 41.0 Å². The van der Waals surface area contributed by atoms with Gasteiger partial charge in [0.05, 0.1) is 22.4 Å². The molecule has 0 aliphatic carbocycles. The molecule has 1 aromatic carbocycles. The lowest BCUT2D eigenvalue weighted by Crippen LogP contribution is -2.31. The Bertz CT molecular complexity index is 1040. The molecule has 3 rings (SSSR count). The number of rotatable bonds is 9. The van der Waals surface area contributed by atoms with Gasteiger partial charge in [-0.1, -0.05) is 49.3 Å². The summed E-state index contributed by atoms with van der Waals surface area (Å²) in [7, 11) is 1.82. The molecule has 0 unspecified atom stereocenters. The minimum Gasteiger partial charge on any atom is -0.342 e. The minimum atomic E-state index is -0.347. The zero-order valence-corrected chi connectivity index (χ0v) is 19.7. The van der Waals surface area contributed by atoms with Crippen LogP contribution in [0, 0.1) is 5.92 Å². The SMILES string of the molecule is CC(C)C[C@H](NC(=O)c1ccccc1Cl)c1nnc(SCC(=O)Nc2nccs2)n1C. The first-order chi connectivity index (χ1) is 14.8. The van der Waals surface area contributed by atoms with E-state index in [1.54, 1.807) is 40.4 Å². The second kappa shape index (κ2) is 10.7. The summed E-state index contributed by atoms with van der Waals surface area (Å²) >= 11 is 8.80. The minimum absolute atomic E-state index is 0.171. The Kier molecular flexibility index (Phi) is 8.05. The van der Waals surface area contributed by atoms with Crippen molar-refractivity contribution >= 4 is 51.6 Å². The molecule has 0 saturated carbocycles. The van der Waals surface area contributed by atoms with E-state index in [4.69, 9.17) is 11.6 Å². The standard InChI is InChI=1S/C20H23ClN6O2S2/c1-12(2)10-15(23-18(29)13-6-4-5-7-14(13)21)17-25-26-20(27(17)3)31-11-16(28)24-19-22-8-9-30-19/h4-9,12,15H,10-11H2,1-3H3,(H,23,29)(H,22,24,28)/t15-/m0/s1. The Balaban J connectivity index is 1.70. The number of nitrogens with zero attached hydrogens (tertiary/aromatic N) is 4. The van der Waals surface area contributed by atoms with Crippen molar-refractivity contribution in [3.05, 3.63) is 52.3 Å². The van der Waals surface area contributed by atoms with Gasteiger partial charge in [0.25, 0.3) is 5.91 Å². The van der Waals surface area contributed by atoms with Gasteiger partial charge in [-0.15, -0.1) is 21.5 Å². The first-order valence-electron chi connectivity index (χ1n) is 9.62. The van der Waals surface area contributed by atoms with E-state index in [1.807, 2.05) is 7.05 Å². The molecule has 2 N–H and O–H groups in total. The molecule has 0 radical (unpaired) electrons. The maximum Gasteiger partial charge on any atom is 0.253 e. The fourth-order valence-electron chi connectivity index (χ4n) is 2.91. The van der Waals surface area contributed by atoms with Crippen molar-refractivity contribution in [1.82, 2.24) is 25.1 Å². The smallest absolute Gasteiger partial charge is 0.253 e. The van der Waals surface area contributed by atoms with Crippen molar-refractivity contribution in [3.63, 3.8) is 0 Å². The number of nitrogens with one attached hydrogen (secondary N) is 2. The fraction of sp³-hybridized carbons (Fsp3) is 0.350. The summed E-state index contributed by atoms with van der Waals surface area (Å²) in [5.74, 6) is 0.670. The third-order valence-electron chi connectivity index (χ3n) is 4.32. The lowest BCUT2D eigenvalue weighted by Gasteiger charge is -2.20. The van der Waals surface area contributed by atoms with E-state index in [9.17, 15) is 9.59 Å². The average molecular weight is 479 g/mol. The highest BCUT2D eigenvalue weighted by atomic mass is 35.5. The van der Waals surface area contributed by atoms with Crippen molar-refractivity contribution in [3.8, 4) is 0 Å². The van der Waals surface area contributed by atoms with Gasteiger partial charge < -0.3 is 15.2 Å². The van der Waals surface area contributed by atoms with Crippen LogP contribution in [0.1, 0.15) is 42.5 Å². The van der Waals surface area contributed by atoms with Gasteiger partial charge in [-0.3, -0.25) is 9.59 Å². The van der Waals surface area contributed by atoms with Gasteiger partial charge in [0.1, 0.15) is 0 Å². The predicted octanol–water partition coefficient (Wildman–Crippen LogP) is 4.17. The third-order valence-corrected chi connectivity index (χ3v) is 6.36. The molecule has 0 fully saturated rings. The maximum atomic E-state index is 12.8. The van der Waals surface area contributed by atoms with Crippen LogP contribution < -0.4 is 10.6 Å². The summed E-state index contributed by atoms with van der Waals surface area (Å²) in [5, 5.41) is 17.6. The van der Waals surface area contributed by atoms with E-state index in [1.165, 1.54) is 23.1 Å². The van der Waals surface area contributed by atoms with Crippen LogP contribution in [0.25, 0.3) is 0 Å². The molecule has 0 saturated heterocycles. The predicted molar refractivity (Wildman–Crippen MR) is 124 cm³/mol. The summed E-state index contributed by atoms with van der Waals surface area (Å²) in [5.41, 5.74) is 0.411. The maximum absolute atomic E-state index is 12.8. The molecule has 11 heteroatoms. The lowest BCUT2D eigenvalue weighted by atomic mass is 10.0. The Hall–Kier alpha value is -2.43. The van der Waals surface area contributed by atoms with E-state index in [0.717, 1.165) is 0 Å². The molecule has 3 aromatic rings. The topological polar surface area (TPSA) is 102 Å². The summed E-state index contributed by atoms with van der Waals surface area (Å²) in [6.07, 6.45) is 2.31. The number of benzene rings is 1. The number of amides is 2. The number of hydrogen-bond acceptors (Lipinski definition) is 7. The van der Waals surface area contributed by atoms with Gasteiger partial charge in [0.15, 0.2) is 16.1 Å². The summed E-state index contributed by atoms with van der Waals surface area (Å²) in [4.78, 5) is 29.0. The molecule has 0 bridgehead atoms. The zero-order valence-electron chi connectivity index (χ0n) is 17.3.